The van der Waals surface area contributed by atoms with Crippen LogP contribution in [0.15, 0.2) is 35.0 Å². The molecule has 0 atom stereocenters. The second-order valence-electron chi connectivity index (χ2n) is 4.75. The Kier molecular flexibility index (Phi) is 2.87. The summed E-state index contributed by atoms with van der Waals surface area (Å²) in [6, 6.07) is 8.02. The van der Waals surface area contributed by atoms with Gasteiger partial charge in [0, 0.05) is 22.7 Å². The molecule has 1 N–H and O–H groups in total. The van der Waals surface area contributed by atoms with E-state index in [1.165, 1.54) is 0 Å². The van der Waals surface area contributed by atoms with Gasteiger partial charge in [-0.2, -0.15) is 0 Å². The lowest BCUT2D eigenvalue weighted by molar-refractivity contribution is 0.283. The predicted octanol–water partition coefficient (Wildman–Crippen LogP) is 2.79. The highest BCUT2D eigenvalue weighted by Crippen LogP contribution is 2.23. The predicted molar refractivity (Wildman–Crippen MR) is 72.9 cm³/mol. The topological polar surface area (TPSA) is 51.2 Å². The normalized spacial score (nSPS) is 11.3. The molecule has 4 nitrogen and oxygen atoms in total. The number of rotatable bonds is 3. The van der Waals surface area contributed by atoms with Crippen molar-refractivity contribution in [1.82, 2.24) is 9.72 Å². The SMILES string of the molecule is Cc1noc(C)c1Cn1ccc2c(CO)cccc21. The molecule has 19 heavy (non-hydrogen) atoms. The van der Waals surface area contributed by atoms with Gasteiger partial charge in [0.1, 0.15) is 5.76 Å². The summed E-state index contributed by atoms with van der Waals surface area (Å²) >= 11 is 0. The fourth-order valence-electron chi connectivity index (χ4n) is 2.46. The van der Waals surface area contributed by atoms with Gasteiger partial charge in [-0.25, -0.2) is 0 Å². The highest BCUT2D eigenvalue weighted by Gasteiger charge is 2.11. The Bertz CT molecular complexity index is 705. The molecule has 1 aromatic carbocycles. The standard InChI is InChI=1S/C15H16N2O2/c1-10-14(11(2)19-16-10)8-17-7-6-13-12(9-18)4-3-5-15(13)17/h3-7,18H,8-9H2,1-2H3. The van der Waals surface area contributed by atoms with Gasteiger partial charge in [-0.05, 0) is 31.5 Å². The highest BCUT2D eigenvalue weighted by molar-refractivity contribution is 5.83. The number of aryl methyl sites for hydroxylation is 2. The van der Waals surface area contributed by atoms with E-state index in [1.54, 1.807) is 0 Å². The number of aromatic nitrogens is 2. The number of aliphatic hydroxyl groups excluding tert-OH is 1. The average Bonchev–Trinajstić information content (AvgIpc) is 2.97. The molecule has 0 saturated carbocycles. The summed E-state index contributed by atoms with van der Waals surface area (Å²) in [5, 5.41) is 14.4. The van der Waals surface area contributed by atoms with Crippen molar-refractivity contribution >= 4 is 10.9 Å². The quantitative estimate of drug-likeness (QED) is 0.784. The van der Waals surface area contributed by atoms with Crippen LogP contribution in [-0.2, 0) is 13.2 Å². The number of aliphatic hydroxyl groups is 1. The molecule has 0 unspecified atom stereocenters. The molecule has 4 heteroatoms. The van der Waals surface area contributed by atoms with Crippen molar-refractivity contribution in [2.75, 3.05) is 0 Å². The van der Waals surface area contributed by atoms with Crippen LogP contribution < -0.4 is 0 Å². The molecule has 0 radical (unpaired) electrons. The molecule has 2 heterocycles. The van der Waals surface area contributed by atoms with Crippen LogP contribution in [-0.4, -0.2) is 14.8 Å². The monoisotopic (exact) mass is 256 g/mol. The molecular formula is C15H16N2O2. The van der Waals surface area contributed by atoms with Gasteiger partial charge in [0.05, 0.1) is 18.8 Å². The van der Waals surface area contributed by atoms with E-state index in [0.717, 1.165) is 40.0 Å². The van der Waals surface area contributed by atoms with E-state index >= 15 is 0 Å². The first-order valence-electron chi connectivity index (χ1n) is 6.30. The van der Waals surface area contributed by atoms with Gasteiger partial charge >= 0.3 is 0 Å². The molecule has 3 aromatic rings. The van der Waals surface area contributed by atoms with Gasteiger partial charge in [-0.3, -0.25) is 0 Å². The summed E-state index contributed by atoms with van der Waals surface area (Å²) in [7, 11) is 0. The average molecular weight is 256 g/mol. The lowest BCUT2D eigenvalue weighted by atomic mass is 10.1. The summed E-state index contributed by atoms with van der Waals surface area (Å²) in [6.45, 7) is 4.68. The Balaban J connectivity index is 2.07. The fourth-order valence-corrected chi connectivity index (χ4v) is 2.46. The third-order valence-corrected chi connectivity index (χ3v) is 3.58. The lowest BCUT2D eigenvalue weighted by Gasteiger charge is -2.06. The summed E-state index contributed by atoms with van der Waals surface area (Å²) < 4.78 is 7.35. The first kappa shape index (κ1) is 12.0. The summed E-state index contributed by atoms with van der Waals surface area (Å²) in [5.41, 5.74) is 4.12. The fraction of sp³-hybridized carbons (Fsp3) is 0.267. The molecule has 0 spiro atoms. The van der Waals surface area contributed by atoms with E-state index < -0.39 is 0 Å². The van der Waals surface area contributed by atoms with Gasteiger partial charge in [0.25, 0.3) is 0 Å². The third kappa shape index (κ3) is 1.94. The number of nitrogens with zero attached hydrogens (tertiary/aromatic N) is 2. The van der Waals surface area contributed by atoms with Crippen molar-refractivity contribution in [1.29, 1.82) is 0 Å². The molecular weight excluding hydrogens is 240 g/mol. The van der Waals surface area contributed by atoms with Crippen molar-refractivity contribution in [3.63, 3.8) is 0 Å². The van der Waals surface area contributed by atoms with Crippen LogP contribution in [0.3, 0.4) is 0 Å². The number of benzene rings is 1. The lowest BCUT2D eigenvalue weighted by Crippen LogP contribution is -2.00. The van der Waals surface area contributed by atoms with Crippen LogP contribution in [0.2, 0.25) is 0 Å². The summed E-state index contributed by atoms with van der Waals surface area (Å²) in [4.78, 5) is 0. The van der Waals surface area contributed by atoms with Gasteiger partial charge in [0.15, 0.2) is 0 Å². The van der Waals surface area contributed by atoms with Crippen LogP contribution in [0.4, 0.5) is 0 Å². The zero-order valence-corrected chi connectivity index (χ0v) is 11.1. The smallest absolute Gasteiger partial charge is 0.138 e. The van der Waals surface area contributed by atoms with Crippen LogP contribution in [0.5, 0.6) is 0 Å². The first-order chi connectivity index (χ1) is 9.20. The Morgan fingerprint density at radius 3 is 2.79 bits per heavy atom. The molecule has 0 aliphatic heterocycles. The molecule has 3 rings (SSSR count). The molecule has 0 aliphatic rings. The van der Waals surface area contributed by atoms with Crippen LogP contribution in [0, 0.1) is 13.8 Å². The summed E-state index contributed by atoms with van der Waals surface area (Å²) in [5.74, 6) is 0.859. The van der Waals surface area contributed by atoms with Gasteiger partial charge < -0.3 is 14.2 Å². The molecule has 98 valence electrons. The van der Waals surface area contributed by atoms with Gasteiger partial charge in [-0.15, -0.1) is 0 Å². The number of hydrogen-bond donors (Lipinski definition) is 1. The van der Waals surface area contributed by atoms with Gasteiger partial charge in [-0.1, -0.05) is 17.3 Å². The molecule has 0 saturated heterocycles. The minimum absolute atomic E-state index is 0.0622. The largest absolute Gasteiger partial charge is 0.392 e. The zero-order chi connectivity index (χ0) is 13.4. The van der Waals surface area contributed by atoms with Crippen molar-refractivity contribution in [2.45, 2.75) is 27.0 Å². The first-order valence-corrected chi connectivity index (χ1v) is 6.30. The Labute approximate surface area is 111 Å². The Hall–Kier alpha value is -2.07. The maximum atomic E-state index is 9.36. The van der Waals surface area contributed by atoms with E-state index in [2.05, 4.69) is 15.8 Å². The number of fused-ring (bicyclic) bond motifs is 1. The van der Waals surface area contributed by atoms with Crippen LogP contribution in [0.25, 0.3) is 10.9 Å². The molecule has 2 aromatic heterocycles. The van der Waals surface area contributed by atoms with Crippen LogP contribution in [0.1, 0.15) is 22.6 Å². The maximum absolute atomic E-state index is 9.36. The van der Waals surface area contributed by atoms with E-state index in [0.29, 0.717) is 0 Å². The van der Waals surface area contributed by atoms with Crippen molar-refractivity contribution in [2.24, 2.45) is 0 Å². The second kappa shape index (κ2) is 4.55. The van der Waals surface area contributed by atoms with E-state index in [1.807, 2.05) is 38.2 Å². The molecule has 0 aliphatic carbocycles. The van der Waals surface area contributed by atoms with Gasteiger partial charge in [0.2, 0.25) is 0 Å². The second-order valence-corrected chi connectivity index (χ2v) is 4.75. The van der Waals surface area contributed by atoms with Crippen molar-refractivity contribution in [3.05, 3.63) is 53.0 Å². The minimum atomic E-state index is 0.0622. The van der Waals surface area contributed by atoms with Crippen LogP contribution >= 0.6 is 0 Å². The minimum Gasteiger partial charge on any atom is -0.392 e. The Morgan fingerprint density at radius 1 is 1.26 bits per heavy atom. The Morgan fingerprint density at radius 2 is 2.11 bits per heavy atom. The zero-order valence-electron chi connectivity index (χ0n) is 11.1. The van der Waals surface area contributed by atoms with E-state index in [-0.39, 0.29) is 6.61 Å². The number of hydrogen-bond acceptors (Lipinski definition) is 3. The molecule has 0 fully saturated rings. The molecule has 0 bridgehead atoms. The third-order valence-electron chi connectivity index (χ3n) is 3.58. The van der Waals surface area contributed by atoms with Crippen molar-refractivity contribution in [3.8, 4) is 0 Å². The summed E-state index contributed by atoms with van der Waals surface area (Å²) in [6.07, 6.45) is 2.04. The maximum Gasteiger partial charge on any atom is 0.138 e. The van der Waals surface area contributed by atoms with Crippen molar-refractivity contribution < 1.29 is 9.63 Å². The van der Waals surface area contributed by atoms with E-state index in [4.69, 9.17) is 4.52 Å². The van der Waals surface area contributed by atoms with E-state index in [9.17, 15) is 5.11 Å². The highest BCUT2D eigenvalue weighted by atomic mass is 16.5. The molecule has 0 amide bonds.